The van der Waals surface area contributed by atoms with Gasteiger partial charge in [0.2, 0.25) is 0 Å². The van der Waals surface area contributed by atoms with Gasteiger partial charge in [-0.2, -0.15) is 0 Å². The number of hydrogen-bond donors (Lipinski definition) is 0. The number of benzene rings is 13. The van der Waals surface area contributed by atoms with Crippen LogP contribution < -0.4 is 4.90 Å². The van der Waals surface area contributed by atoms with Crippen LogP contribution in [0, 0.1) is 10.8 Å². The van der Waals surface area contributed by atoms with Gasteiger partial charge in [0.25, 0.3) is 0 Å². The van der Waals surface area contributed by atoms with E-state index in [2.05, 4.69) is 362 Å². The number of aromatic nitrogens is 1. The normalized spacial score (nSPS) is 15.1. The van der Waals surface area contributed by atoms with Crippen molar-refractivity contribution in [3.8, 4) is 83.6 Å². The Morgan fingerprint density at radius 2 is 0.713 bits per heavy atom. The molecule has 1 heterocycles. The van der Waals surface area contributed by atoms with E-state index in [1.807, 2.05) is 0 Å². The molecule has 0 N–H and O–H groups in total. The Morgan fingerprint density at radius 3 is 1.27 bits per heavy atom. The van der Waals surface area contributed by atoms with Gasteiger partial charge in [-0.05, 0) is 225 Å². The van der Waals surface area contributed by atoms with Gasteiger partial charge in [-0.3, -0.25) is 0 Å². The smallest absolute Gasteiger partial charge is 0.0725 e. The van der Waals surface area contributed by atoms with Gasteiger partial charge in [-0.1, -0.05) is 268 Å². The summed E-state index contributed by atoms with van der Waals surface area (Å²) >= 11 is 0. The topological polar surface area (TPSA) is 8.17 Å². The molecule has 17 rings (SSSR count). The van der Waals surface area contributed by atoms with Crippen molar-refractivity contribution in [3.63, 3.8) is 0 Å². The lowest BCUT2D eigenvalue weighted by Crippen LogP contribution is -2.26. The van der Waals surface area contributed by atoms with Gasteiger partial charge in [0.1, 0.15) is 0 Å². The summed E-state index contributed by atoms with van der Waals surface area (Å²) in [4.78, 5) is 2.42. The van der Waals surface area contributed by atoms with Crippen molar-refractivity contribution in [2.75, 3.05) is 4.90 Å². The molecule has 2 nitrogen and oxygen atoms in total. The third-order valence-electron chi connectivity index (χ3n) is 21.2. The molecule has 1 aromatic heterocycles. The van der Waals surface area contributed by atoms with Crippen molar-refractivity contribution in [3.05, 3.63) is 336 Å². The monoisotopic (exact) mass is 1210 g/mol. The summed E-state index contributed by atoms with van der Waals surface area (Å²) < 4.78 is 2.44. The average Bonchev–Trinajstić information content (AvgIpc) is 1.51. The van der Waals surface area contributed by atoms with Crippen molar-refractivity contribution < 1.29 is 0 Å². The minimum Gasteiger partial charge on any atom is -0.310 e. The number of fused-ring (bicyclic) bond motifs is 16. The molecule has 0 saturated carbocycles. The molecule has 14 aromatic rings. The number of para-hydroxylation sites is 1. The second-order valence-corrected chi connectivity index (χ2v) is 29.5. The predicted molar refractivity (Wildman–Crippen MR) is 397 cm³/mol. The van der Waals surface area contributed by atoms with Crippen molar-refractivity contribution in [1.82, 2.24) is 4.57 Å². The molecule has 454 valence electrons. The summed E-state index contributed by atoms with van der Waals surface area (Å²) in [6, 6.07) is 113. The first-order valence-electron chi connectivity index (χ1n) is 33.6. The molecular weight excluding hydrogens is 1130 g/mol. The lowest BCUT2D eigenvalue weighted by atomic mass is 9.68. The summed E-state index contributed by atoms with van der Waals surface area (Å²) in [5, 5.41) is 2.44. The summed E-state index contributed by atoms with van der Waals surface area (Å²) in [5.41, 5.74) is 33.6. The second-order valence-electron chi connectivity index (χ2n) is 29.5. The predicted octanol–water partition coefficient (Wildman–Crippen LogP) is 25.1. The molecule has 3 aliphatic carbocycles. The van der Waals surface area contributed by atoms with Gasteiger partial charge in [-0.15, -0.1) is 0 Å². The van der Waals surface area contributed by atoms with E-state index in [0.29, 0.717) is 5.92 Å². The van der Waals surface area contributed by atoms with Crippen LogP contribution in [-0.2, 0) is 10.8 Å². The molecule has 13 aromatic carbocycles. The van der Waals surface area contributed by atoms with Crippen LogP contribution in [-0.4, -0.2) is 4.57 Å². The summed E-state index contributed by atoms with van der Waals surface area (Å²) in [6.45, 7) is 19.1. The van der Waals surface area contributed by atoms with E-state index in [0.717, 1.165) is 29.2 Å². The lowest BCUT2D eigenvalue weighted by Gasteiger charge is -2.36. The molecule has 0 amide bonds. The first-order chi connectivity index (χ1) is 45.6. The highest BCUT2D eigenvalue weighted by Crippen LogP contribution is 2.64. The largest absolute Gasteiger partial charge is 0.310 e. The van der Waals surface area contributed by atoms with Gasteiger partial charge < -0.3 is 9.47 Å². The molecule has 0 saturated heterocycles. The number of rotatable bonds is 10. The molecule has 2 atom stereocenters. The number of anilines is 3. The zero-order valence-electron chi connectivity index (χ0n) is 55.0. The van der Waals surface area contributed by atoms with Gasteiger partial charge in [0, 0.05) is 38.9 Å². The van der Waals surface area contributed by atoms with E-state index in [-0.39, 0.29) is 16.2 Å². The van der Waals surface area contributed by atoms with E-state index in [1.54, 1.807) is 0 Å². The Bertz CT molecular complexity index is 5310. The van der Waals surface area contributed by atoms with E-state index in [1.165, 1.54) is 139 Å². The van der Waals surface area contributed by atoms with Crippen LogP contribution >= 0.6 is 0 Å². The molecule has 2 unspecified atom stereocenters. The fourth-order valence-corrected chi connectivity index (χ4v) is 16.7. The molecule has 0 aliphatic heterocycles. The Kier molecular flexibility index (Phi) is 13.1. The maximum Gasteiger partial charge on any atom is 0.0725 e. The highest BCUT2D eigenvalue weighted by atomic mass is 15.1. The third-order valence-corrected chi connectivity index (χ3v) is 21.2. The molecule has 1 spiro atoms. The molecule has 3 aliphatic rings. The summed E-state index contributed by atoms with van der Waals surface area (Å²) in [5.74, 6) is 0.418. The molecule has 0 fully saturated rings. The first kappa shape index (κ1) is 57.4. The average molecular weight is 1210 g/mol. The van der Waals surface area contributed by atoms with Crippen LogP contribution in [0.1, 0.15) is 107 Å². The molecule has 0 bridgehead atoms. The lowest BCUT2D eigenvalue weighted by molar-refractivity contribution is 0.229. The molecular formula is C92H76N2. The second kappa shape index (κ2) is 21.5. The standard InChI is InChI=1S/C92H76N2/c1-89(2,3)58-86(90(4,5)6)67-25-21-24-62(52-67)65-38-47-76-73-29-16-19-32-81(73)92(84(76)55-65)82-33-20-17-30-74(82)77-48-39-66(56-85(77)92)64-41-51-88-79(54-64)78-53-63(40-50-87(78)94(88)68-26-13-10-14-27-68)61-36-44-70(45-37-61)93(69-42-34-60(35-43-69)59-22-11-9-12-23-59)71-46-49-75-72-28-15-18-31-80(72)91(7,8)83(75)57-71/h9-57,86H,58H2,1-8H3. The molecule has 2 heteroatoms. The molecule has 94 heavy (non-hydrogen) atoms. The minimum atomic E-state index is -0.520. The quantitative estimate of drug-likeness (QED) is 0.132. The van der Waals surface area contributed by atoms with E-state index < -0.39 is 5.41 Å². The van der Waals surface area contributed by atoms with Crippen molar-refractivity contribution in [2.24, 2.45) is 10.8 Å². The number of hydrogen-bond acceptors (Lipinski definition) is 1. The third kappa shape index (κ3) is 9.12. The van der Waals surface area contributed by atoms with Gasteiger partial charge in [-0.25, -0.2) is 0 Å². The van der Waals surface area contributed by atoms with Crippen LogP contribution in [0.3, 0.4) is 0 Å². The SMILES string of the molecule is CC(C)(C)CC(c1cccc(-c2ccc3c(c2)C2(c4ccccc4-3)c3ccccc3-c3ccc(-c4ccc5c(c4)c4cc(-c6ccc(N(c7ccc(-c8ccccc8)cc7)c7ccc8c(c7)C(C)(C)c7ccccc7-8)cc6)ccc4n5-c4ccccc4)cc32)c1)C(C)(C)C. The minimum absolute atomic E-state index is 0.115. The Balaban J connectivity index is 0.779. The van der Waals surface area contributed by atoms with Gasteiger partial charge in [0.05, 0.1) is 16.4 Å². The highest BCUT2D eigenvalue weighted by molar-refractivity contribution is 6.12. The van der Waals surface area contributed by atoms with Crippen molar-refractivity contribution >= 4 is 38.9 Å². The fourth-order valence-electron chi connectivity index (χ4n) is 16.7. The Labute approximate surface area is 554 Å². The van der Waals surface area contributed by atoms with Crippen molar-refractivity contribution in [2.45, 2.75) is 78.6 Å². The van der Waals surface area contributed by atoms with Crippen LogP contribution in [0.15, 0.2) is 297 Å². The molecule has 0 radical (unpaired) electrons. The highest BCUT2D eigenvalue weighted by Gasteiger charge is 2.52. The zero-order chi connectivity index (χ0) is 63.8. The van der Waals surface area contributed by atoms with Crippen LogP contribution in [0.2, 0.25) is 0 Å². The van der Waals surface area contributed by atoms with E-state index in [9.17, 15) is 0 Å². The Hall–Kier alpha value is -10.5. The summed E-state index contributed by atoms with van der Waals surface area (Å²) in [7, 11) is 0. The maximum absolute atomic E-state index is 2.55. The zero-order valence-corrected chi connectivity index (χ0v) is 55.0. The van der Waals surface area contributed by atoms with Gasteiger partial charge >= 0.3 is 0 Å². The van der Waals surface area contributed by atoms with Crippen LogP contribution in [0.5, 0.6) is 0 Å². The van der Waals surface area contributed by atoms with E-state index >= 15 is 0 Å². The fraction of sp³-hybridized carbons (Fsp3) is 0.152. The van der Waals surface area contributed by atoms with Gasteiger partial charge in [0.15, 0.2) is 0 Å². The summed E-state index contributed by atoms with van der Waals surface area (Å²) in [6.07, 6.45) is 1.12. The first-order valence-corrected chi connectivity index (χ1v) is 33.6. The van der Waals surface area contributed by atoms with Crippen molar-refractivity contribution in [1.29, 1.82) is 0 Å². The van der Waals surface area contributed by atoms with E-state index in [4.69, 9.17) is 0 Å². The van der Waals surface area contributed by atoms with Crippen LogP contribution in [0.4, 0.5) is 17.1 Å². The Morgan fingerprint density at radius 1 is 0.319 bits per heavy atom. The maximum atomic E-state index is 2.55. The number of nitrogens with zero attached hydrogens (tertiary/aromatic N) is 2. The van der Waals surface area contributed by atoms with Crippen LogP contribution in [0.25, 0.3) is 105 Å².